The summed E-state index contributed by atoms with van der Waals surface area (Å²) in [6, 6.07) is 0. The third kappa shape index (κ3) is 3.22. The van der Waals surface area contributed by atoms with Crippen molar-refractivity contribution >= 4 is 11.8 Å². The van der Waals surface area contributed by atoms with Crippen molar-refractivity contribution in [2.75, 3.05) is 12.3 Å². The molecule has 0 saturated carbocycles. The largest absolute Gasteiger partial charge is 0.337 e. The molecule has 17 heavy (non-hydrogen) atoms. The summed E-state index contributed by atoms with van der Waals surface area (Å²) in [5, 5.41) is 7.49. The summed E-state index contributed by atoms with van der Waals surface area (Å²) in [6.45, 7) is 7.62. The predicted molar refractivity (Wildman–Crippen MR) is 69.9 cm³/mol. The average molecular weight is 255 g/mol. The molecule has 5 heteroatoms. The lowest BCUT2D eigenvalue weighted by molar-refractivity contribution is 0.274. The van der Waals surface area contributed by atoms with Gasteiger partial charge in [-0.3, -0.25) is 0 Å². The van der Waals surface area contributed by atoms with Crippen molar-refractivity contribution in [2.45, 2.75) is 44.9 Å². The molecule has 0 aliphatic carbocycles. The van der Waals surface area contributed by atoms with Gasteiger partial charge in [-0.05, 0) is 38.0 Å². The van der Waals surface area contributed by atoms with Crippen LogP contribution in [0.2, 0.25) is 0 Å². The highest BCUT2D eigenvalue weighted by molar-refractivity contribution is 7.98. The fourth-order valence-electron chi connectivity index (χ4n) is 2.00. The molecule has 1 aromatic heterocycles. The van der Waals surface area contributed by atoms with Gasteiger partial charge in [0.2, 0.25) is 5.89 Å². The summed E-state index contributed by atoms with van der Waals surface area (Å²) in [5.74, 6) is 4.26. The van der Waals surface area contributed by atoms with Crippen molar-refractivity contribution in [3.8, 4) is 0 Å². The molecule has 4 nitrogen and oxygen atoms in total. The molecule has 0 aromatic carbocycles. The maximum atomic E-state index is 5.37. The number of hydrogen-bond donors (Lipinski definition) is 1. The number of nitrogens with one attached hydrogen (secondary N) is 1. The van der Waals surface area contributed by atoms with Crippen LogP contribution in [0.5, 0.6) is 0 Å². The molecular formula is C12H21N3OS. The van der Waals surface area contributed by atoms with Crippen LogP contribution in [0.25, 0.3) is 0 Å². The van der Waals surface area contributed by atoms with Gasteiger partial charge in [0.05, 0.1) is 11.3 Å². The van der Waals surface area contributed by atoms with Crippen LogP contribution in [0.3, 0.4) is 0 Å². The highest BCUT2D eigenvalue weighted by atomic mass is 32.2. The third-order valence-electron chi connectivity index (χ3n) is 2.99. The lowest BCUT2D eigenvalue weighted by Crippen LogP contribution is -2.33. The molecule has 1 aliphatic rings. The molecule has 96 valence electrons. The second-order valence-corrected chi connectivity index (χ2v) is 6.32. The number of aromatic nitrogens is 2. The predicted octanol–water partition coefficient (Wildman–Crippen LogP) is 2.56. The zero-order chi connectivity index (χ0) is 12.3. The van der Waals surface area contributed by atoms with Crippen LogP contribution in [0.1, 0.15) is 45.3 Å². The van der Waals surface area contributed by atoms with Gasteiger partial charge in [0, 0.05) is 0 Å². The number of thioether (sulfide) groups is 1. The van der Waals surface area contributed by atoms with Gasteiger partial charge in [0.25, 0.3) is 0 Å². The molecule has 1 N–H and O–H groups in total. The van der Waals surface area contributed by atoms with Crippen LogP contribution in [0, 0.1) is 5.92 Å². The summed E-state index contributed by atoms with van der Waals surface area (Å²) < 4.78 is 5.37. The van der Waals surface area contributed by atoms with E-state index in [2.05, 4.69) is 36.2 Å². The molecule has 1 fully saturated rings. The minimum absolute atomic E-state index is 0.103. The molecule has 0 spiro atoms. The topological polar surface area (TPSA) is 51.0 Å². The van der Waals surface area contributed by atoms with Gasteiger partial charge in [-0.1, -0.05) is 19.0 Å². The average Bonchev–Trinajstić information content (AvgIpc) is 2.87. The van der Waals surface area contributed by atoms with E-state index < -0.39 is 0 Å². The van der Waals surface area contributed by atoms with Crippen molar-refractivity contribution in [3.63, 3.8) is 0 Å². The first-order valence-electron chi connectivity index (χ1n) is 6.26. The summed E-state index contributed by atoms with van der Waals surface area (Å²) in [4.78, 5) is 4.50. The molecule has 2 heterocycles. The smallest absolute Gasteiger partial charge is 0.246 e. The summed E-state index contributed by atoms with van der Waals surface area (Å²) >= 11 is 1.86. The van der Waals surface area contributed by atoms with Crippen molar-refractivity contribution in [1.29, 1.82) is 0 Å². The van der Waals surface area contributed by atoms with E-state index in [0.717, 1.165) is 36.2 Å². The van der Waals surface area contributed by atoms with E-state index >= 15 is 0 Å². The lowest BCUT2D eigenvalue weighted by Gasteiger charge is -2.18. The van der Waals surface area contributed by atoms with Gasteiger partial charge < -0.3 is 9.84 Å². The van der Waals surface area contributed by atoms with Crippen LogP contribution < -0.4 is 5.32 Å². The lowest BCUT2D eigenvalue weighted by atomic mass is 10.0. The van der Waals surface area contributed by atoms with Gasteiger partial charge in [0.1, 0.15) is 0 Å². The quantitative estimate of drug-likeness (QED) is 0.876. The Balaban J connectivity index is 1.91. The zero-order valence-electron chi connectivity index (χ0n) is 10.8. The number of rotatable bonds is 5. The molecule has 1 aliphatic heterocycles. The Kier molecular flexibility index (Phi) is 4.09. The van der Waals surface area contributed by atoms with Crippen LogP contribution in [0.4, 0.5) is 0 Å². The minimum Gasteiger partial charge on any atom is -0.337 e. The minimum atomic E-state index is -0.103. The standard InChI is InChI=1S/C12H21N3OS/c1-9(2)7-17-8-10-14-11(16-15-10)12(3)5-4-6-13-12/h9,13H,4-8H2,1-3H3. The van der Waals surface area contributed by atoms with Crippen LogP contribution in [-0.2, 0) is 11.3 Å². The van der Waals surface area contributed by atoms with Gasteiger partial charge in [0.15, 0.2) is 5.82 Å². The SMILES string of the molecule is CC(C)CSCc1noc(C2(C)CCCN2)n1. The van der Waals surface area contributed by atoms with Crippen LogP contribution in [0.15, 0.2) is 4.52 Å². The van der Waals surface area contributed by atoms with Gasteiger partial charge in [-0.25, -0.2) is 0 Å². The van der Waals surface area contributed by atoms with Crippen molar-refractivity contribution in [1.82, 2.24) is 15.5 Å². The van der Waals surface area contributed by atoms with Crippen molar-refractivity contribution in [3.05, 3.63) is 11.7 Å². The Morgan fingerprint density at radius 3 is 3.00 bits per heavy atom. The van der Waals surface area contributed by atoms with Crippen LogP contribution >= 0.6 is 11.8 Å². The first-order valence-corrected chi connectivity index (χ1v) is 7.41. The van der Waals surface area contributed by atoms with Crippen molar-refractivity contribution in [2.24, 2.45) is 5.92 Å². The summed E-state index contributed by atoms with van der Waals surface area (Å²) in [7, 11) is 0. The maximum Gasteiger partial charge on any atom is 0.246 e. The zero-order valence-corrected chi connectivity index (χ0v) is 11.6. The number of nitrogens with zero attached hydrogens (tertiary/aromatic N) is 2. The fraction of sp³-hybridized carbons (Fsp3) is 0.833. The molecule has 1 unspecified atom stereocenters. The van der Waals surface area contributed by atoms with E-state index in [1.807, 2.05) is 11.8 Å². The summed E-state index contributed by atoms with van der Waals surface area (Å²) in [5.41, 5.74) is -0.103. The monoisotopic (exact) mass is 255 g/mol. The Bertz CT molecular complexity index is 358. The number of hydrogen-bond acceptors (Lipinski definition) is 5. The molecule has 1 saturated heterocycles. The Labute approximate surface area is 107 Å². The van der Waals surface area contributed by atoms with E-state index in [-0.39, 0.29) is 5.54 Å². The molecule has 1 atom stereocenters. The molecule has 2 rings (SSSR count). The molecule has 0 amide bonds. The molecule has 1 aromatic rings. The van der Waals surface area contributed by atoms with Gasteiger partial charge in [-0.15, -0.1) is 0 Å². The van der Waals surface area contributed by atoms with E-state index in [0.29, 0.717) is 5.92 Å². The summed E-state index contributed by atoms with van der Waals surface area (Å²) in [6.07, 6.45) is 2.25. The van der Waals surface area contributed by atoms with E-state index in [4.69, 9.17) is 4.52 Å². The van der Waals surface area contributed by atoms with E-state index in [9.17, 15) is 0 Å². The third-order valence-corrected chi connectivity index (χ3v) is 4.36. The fourth-order valence-corrected chi connectivity index (χ4v) is 2.89. The highest BCUT2D eigenvalue weighted by Gasteiger charge is 2.35. The molecule has 0 radical (unpaired) electrons. The molecular weight excluding hydrogens is 234 g/mol. The second-order valence-electron chi connectivity index (χ2n) is 5.29. The Morgan fingerprint density at radius 2 is 2.35 bits per heavy atom. The van der Waals surface area contributed by atoms with Crippen molar-refractivity contribution < 1.29 is 4.52 Å². The molecule has 0 bridgehead atoms. The normalized spacial score (nSPS) is 24.7. The first kappa shape index (κ1) is 12.9. The van der Waals surface area contributed by atoms with Gasteiger partial charge >= 0.3 is 0 Å². The van der Waals surface area contributed by atoms with E-state index in [1.54, 1.807) is 0 Å². The first-order chi connectivity index (χ1) is 8.10. The highest BCUT2D eigenvalue weighted by Crippen LogP contribution is 2.29. The second kappa shape index (κ2) is 5.40. The Hall–Kier alpha value is -0.550. The maximum absolute atomic E-state index is 5.37. The van der Waals surface area contributed by atoms with Crippen LogP contribution in [-0.4, -0.2) is 22.4 Å². The van der Waals surface area contributed by atoms with E-state index in [1.165, 1.54) is 6.42 Å². The Morgan fingerprint density at radius 1 is 1.53 bits per heavy atom. The van der Waals surface area contributed by atoms with Gasteiger partial charge in [-0.2, -0.15) is 16.7 Å².